The number of alkyl halides is 2. The number of hydrogen-bond donors (Lipinski definition) is 2. The number of esters is 1. The van der Waals surface area contributed by atoms with E-state index in [4.69, 9.17) is 0 Å². The Kier molecular flexibility index (Phi) is 7.24. The number of carbonyl (C=O) groups is 2. The number of nitrogens with one attached hydrogen (secondary N) is 2. The van der Waals surface area contributed by atoms with Gasteiger partial charge in [-0.2, -0.15) is 0 Å². The van der Waals surface area contributed by atoms with Crippen molar-refractivity contribution < 1.29 is 27.8 Å². The third-order valence-electron chi connectivity index (χ3n) is 2.71. The van der Waals surface area contributed by atoms with Crippen LogP contribution in [0.25, 0.3) is 0 Å². The zero-order valence-electron chi connectivity index (χ0n) is 12.3. The molecule has 0 aromatic heterocycles. The SMILES string of the molecule is CNc1c(NC(=O)CCOCC(F)F)cccc1C(=O)OC. The maximum Gasteiger partial charge on any atom is 0.340 e. The molecule has 1 aromatic rings. The normalized spacial score (nSPS) is 10.4. The summed E-state index contributed by atoms with van der Waals surface area (Å²) in [4.78, 5) is 23.4. The van der Waals surface area contributed by atoms with Gasteiger partial charge in [0, 0.05) is 7.05 Å². The maximum atomic E-state index is 11.9. The smallest absolute Gasteiger partial charge is 0.340 e. The molecule has 0 unspecified atom stereocenters. The van der Waals surface area contributed by atoms with Gasteiger partial charge in [-0.05, 0) is 12.1 Å². The quantitative estimate of drug-likeness (QED) is 0.567. The van der Waals surface area contributed by atoms with Crippen molar-refractivity contribution >= 4 is 23.3 Å². The predicted molar refractivity (Wildman–Crippen MR) is 77.4 cm³/mol. The van der Waals surface area contributed by atoms with E-state index in [9.17, 15) is 18.4 Å². The van der Waals surface area contributed by atoms with Crippen LogP contribution in [0.5, 0.6) is 0 Å². The minimum absolute atomic E-state index is 0.0711. The molecule has 0 aliphatic rings. The van der Waals surface area contributed by atoms with Gasteiger partial charge in [-0.3, -0.25) is 4.79 Å². The van der Waals surface area contributed by atoms with E-state index in [0.717, 1.165) is 0 Å². The lowest BCUT2D eigenvalue weighted by molar-refractivity contribution is -0.117. The Bertz CT molecular complexity index is 524. The first-order chi connectivity index (χ1) is 10.5. The van der Waals surface area contributed by atoms with E-state index in [1.54, 1.807) is 25.2 Å². The standard InChI is InChI=1S/C14H18F2N2O4/c1-17-13-9(14(20)21-2)4-3-5-10(13)18-12(19)6-7-22-8-11(15)16/h3-5,11,17H,6-8H2,1-2H3,(H,18,19). The van der Waals surface area contributed by atoms with Gasteiger partial charge in [-0.1, -0.05) is 6.07 Å². The molecule has 0 bridgehead atoms. The lowest BCUT2D eigenvalue weighted by Crippen LogP contribution is -2.17. The van der Waals surface area contributed by atoms with Gasteiger partial charge in [0.05, 0.1) is 37.1 Å². The molecule has 1 aromatic carbocycles. The van der Waals surface area contributed by atoms with Crippen molar-refractivity contribution in [3.63, 3.8) is 0 Å². The van der Waals surface area contributed by atoms with Crippen molar-refractivity contribution in [2.24, 2.45) is 0 Å². The van der Waals surface area contributed by atoms with E-state index in [0.29, 0.717) is 11.4 Å². The summed E-state index contributed by atoms with van der Waals surface area (Å²) in [5.41, 5.74) is 1.08. The van der Waals surface area contributed by atoms with Crippen LogP contribution in [0.15, 0.2) is 18.2 Å². The summed E-state index contributed by atoms with van der Waals surface area (Å²) in [6.45, 7) is -0.811. The number of ether oxygens (including phenoxy) is 2. The fraction of sp³-hybridized carbons (Fsp3) is 0.429. The highest BCUT2D eigenvalue weighted by Crippen LogP contribution is 2.26. The van der Waals surface area contributed by atoms with Crippen LogP contribution in [0.2, 0.25) is 0 Å². The molecular weight excluding hydrogens is 298 g/mol. The van der Waals surface area contributed by atoms with Crippen LogP contribution in [0.1, 0.15) is 16.8 Å². The van der Waals surface area contributed by atoms with E-state index in [1.165, 1.54) is 7.11 Å². The zero-order valence-corrected chi connectivity index (χ0v) is 12.3. The fourth-order valence-electron chi connectivity index (χ4n) is 1.76. The van der Waals surface area contributed by atoms with Gasteiger partial charge in [-0.15, -0.1) is 0 Å². The van der Waals surface area contributed by atoms with Crippen LogP contribution >= 0.6 is 0 Å². The van der Waals surface area contributed by atoms with E-state index >= 15 is 0 Å². The molecule has 1 amide bonds. The summed E-state index contributed by atoms with van der Waals surface area (Å²) >= 11 is 0. The van der Waals surface area contributed by atoms with Crippen molar-refractivity contribution in [2.45, 2.75) is 12.8 Å². The molecule has 22 heavy (non-hydrogen) atoms. The first-order valence-electron chi connectivity index (χ1n) is 6.54. The van der Waals surface area contributed by atoms with Crippen molar-refractivity contribution in [2.75, 3.05) is 38.0 Å². The molecule has 0 heterocycles. The first-order valence-corrected chi connectivity index (χ1v) is 6.54. The highest BCUT2D eigenvalue weighted by Gasteiger charge is 2.15. The molecule has 0 radical (unpaired) electrons. The molecule has 8 heteroatoms. The second-order valence-corrected chi connectivity index (χ2v) is 4.23. The van der Waals surface area contributed by atoms with Gasteiger partial charge in [0.15, 0.2) is 0 Å². The van der Waals surface area contributed by atoms with E-state index in [2.05, 4.69) is 20.1 Å². The first kappa shape index (κ1) is 17.8. The molecule has 0 spiro atoms. The fourth-order valence-corrected chi connectivity index (χ4v) is 1.76. The van der Waals surface area contributed by atoms with Gasteiger partial charge < -0.3 is 20.1 Å². The number of methoxy groups -OCH3 is 1. The van der Waals surface area contributed by atoms with Crippen LogP contribution in [0.4, 0.5) is 20.2 Å². The minimum atomic E-state index is -2.56. The molecule has 0 saturated carbocycles. The number of anilines is 2. The lowest BCUT2D eigenvalue weighted by Gasteiger charge is -2.14. The number of benzene rings is 1. The zero-order chi connectivity index (χ0) is 16.5. The molecule has 122 valence electrons. The average Bonchev–Trinajstić information content (AvgIpc) is 2.50. The minimum Gasteiger partial charge on any atom is -0.465 e. The Balaban J connectivity index is 2.68. The summed E-state index contributed by atoms with van der Waals surface area (Å²) in [5.74, 6) is -0.950. The van der Waals surface area contributed by atoms with Gasteiger partial charge in [0.1, 0.15) is 6.61 Å². The summed E-state index contributed by atoms with van der Waals surface area (Å²) < 4.78 is 33.1. The Morgan fingerprint density at radius 1 is 1.32 bits per heavy atom. The molecule has 0 atom stereocenters. The molecule has 0 fully saturated rings. The van der Waals surface area contributed by atoms with E-state index in [1.807, 2.05) is 0 Å². The van der Waals surface area contributed by atoms with E-state index in [-0.39, 0.29) is 18.6 Å². The second kappa shape index (κ2) is 8.93. The van der Waals surface area contributed by atoms with E-state index < -0.39 is 24.9 Å². The molecule has 2 N–H and O–H groups in total. The third kappa shape index (κ3) is 5.28. The van der Waals surface area contributed by atoms with Crippen molar-refractivity contribution in [1.29, 1.82) is 0 Å². The number of rotatable bonds is 8. The van der Waals surface area contributed by atoms with Gasteiger partial charge in [0.25, 0.3) is 6.43 Å². The number of carbonyl (C=O) groups excluding carboxylic acids is 2. The molecule has 6 nitrogen and oxygen atoms in total. The van der Waals surface area contributed by atoms with Gasteiger partial charge in [-0.25, -0.2) is 13.6 Å². The van der Waals surface area contributed by atoms with Crippen molar-refractivity contribution in [3.05, 3.63) is 23.8 Å². The average molecular weight is 316 g/mol. The van der Waals surface area contributed by atoms with Crippen LogP contribution in [-0.2, 0) is 14.3 Å². The molecule has 1 rings (SSSR count). The van der Waals surface area contributed by atoms with Crippen molar-refractivity contribution in [1.82, 2.24) is 0 Å². The predicted octanol–water partition coefficient (Wildman–Crippen LogP) is 2.13. The number of hydrogen-bond acceptors (Lipinski definition) is 5. The molecule has 0 aliphatic heterocycles. The topological polar surface area (TPSA) is 76.7 Å². The summed E-state index contributed by atoms with van der Waals surface area (Å²) in [6.07, 6.45) is -2.63. The number of halogens is 2. The third-order valence-corrected chi connectivity index (χ3v) is 2.71. The Morgan fingerprint density at radius 3 is 2.64 bits per heavy atom. The van der Waals surface area contributed by atoms with Crippen LogP contribution < -0.4 is 10.6 Å². The Morgan fingerprint density at radius 2 is 2.05 bits per heavy atom. The number of amides is 1. The number of para-hydroxylation sites is 1. The second-order valence-electron chi connectivity index (χ2n) is 4.23. The summed E-state index contributed by atoms with van der Waals surface area (Å²) in [6, 6.07) is 4.76. The maximum absolute atomic E-state index is 11.9. The lowest BCUT2D eigenvalue weighted by atomic mass is 10.1. The van der Waals surface area contributed by atoms with Gasteiger partial charge in [0.2, 0.25) is 5.91 Å². The highest BCUT2D eigenvalue weighted by molar-refractivity contribution is 6.02. The van der Waals surface area contributed by atoms with Crippen LogP contribution in [0, 0.1) is 0 Å². The molecular formula is C14H18F2N2O4. The Labute approximate surface area is 126 Å². The molecule has 0 saturated heterocycles. The highest BCUT2D eigenvalue weighted by atomic mass is 19.3. The largest absolute Gasteiger partial charge is 0.465 e. The monoisotopic (exact) mass is 316 g/mol. The summed E-state index contributed by atoms with van der Waals surface area (Å²) in [7, 11) is 2.86. The Hall–Kier alpha value is -2.22. The molecule has 0 aliphatic carbocycles. The van der Waals surface area contributed by atoms with Crippen LogP contribution in [0.3, 0.4) is 0 Å². The summed E-state index contributed by atoms with van der Waals surface area (Å²) in [5, 5.41) is 5.41. The van der Waals surface area contributed by atoms with Crippen molar-refractivity contribution in [3.8, 4) is 0 Å². The van der Waals surface area contributed by atoms with Gasteiger partial charge >= 0.3 is 5.97 Å². The van der Waals surface area contributed by atoms with Crippen LogP contribution in [-0.4, -0.2) is 45.7 Å².